The van der Waals surface area contributed by atoms with Gasteiger partial charge >= 0.3 is 0 Å². The van der Waals surface area contributed by atoms with Gasteiger partial charge in [0.25, 0.3) is 0 Å². The monoisotopic (exact) mass is 1020 g/mol. The summed E-state index contributed by atoms with van der Waals surface area (Å²) in [4.78, 5) is 123. The quantitative estimate of drug-likeness (QED) is 0.0115. The molecule has 4 aromatic rings. The lowest BCUT2D eigenvalue weighted by atomic mass is 10.0. The van der Waals surface area contributed by atoms with Gasteiger partial charge in [-0.15, -0.1) is 0 Å². The second kappa shape index (κ2) is 29.2. The van der Waals surface area contributed by atoms with Crippen LogP contribution in [0.3, 0.4) is 0 Å². The number of H-pyrrole nitrogens is 2. The number of thiol groups is 2. The lowest BCUT2D eigenvalue weighted by Gasteiger charge is -2.28. The third kappa shape index (κ3) is 18.6. The molecule has 0 aliphatic carbocycles. The van der Waals surface area contributed by atoms with Crippen LogP contribution in [0.15, 0.2) is 78.3 Å². The molecule has 0 spiro atoms. The summed E-state index contributed by atoms with van der Waals surface area (Å²) in [5.74, 6) is -6.27. The van der Waals surface area contributed by atoms with Gasteiger partial charge in [-0.1, -0.05) is 48.5 Å². The van der Waals surface area contributed by atoms with Crippen molar-refractivity contribution in [3.8, 4) is 0 Å². The first-order chi connectivity index (χ1) is 34.0. The number of rotatable bonds is 30. The Morgan fingerprint density at radius 3 is 1.68 bits per heavy atom. The number of nitrogens with one attached hydrogen (secondary N) is 9. The number of amides is 8. The number of guanidine groups is 1. The molecule has 23 nitrogen and oxygen atoms in total. The molecule has 0 aliphatic rings. The van der Waals surface area contributed by atoms with Crippen LogP contribution in [-0.4, -0.2) is 135 Å². The standard InChI is InChI=1S/C46H65N15O8S2/c1-26(62)55-38(24-71)45(69)57-32(14-7-8-16-47)40(64)60-36(20-29-22-51-25-54-29)44(68)58-34(18-27-10-3-2-4-11-27)42(66)56-33(15-9-17-52-46(49)50)41(65)59-35(43(67)61-37(23-70)39(48)63)19-28-21-53-31-13-6-5-12-30(28)31/h2-6,10-13,21-22,25,32-38,53,70-71H,7-9,14-20,23-24,47H2,1H3,(H2,48,63)(H,51,54)(H,55,62)(H,56,66)(H,57,69)(H,58,68)(H,59,65)(H,60,64)(H,61,67)(H4,49,50,52)/t32-,33-,34+,35-,36-,37-,38-/m0/s1. The van der Waals surface area contributed by atoms with Gasteiger partial charge in [-0.2, -0.15) is 25.3 Å². The largest absolute Gasteiger partial charge is 0.370 e. The molecule has 17 N–H and O–H groups in total. The Balaban J connectivity index is 1.67. The molecular weight excluding hydrogens is 955 g/mol. The van der Waals surface area contributed by atoms with Crippen molar-refractivity contribution in [1.29, 1.82) is 0 Å². The Bertz CT molecular complexity index is 2430. The van der Waals surface area contributed by atoms with Crippen molar-refractivity contribution in [2.45, 2.75) is 101 Å². The molecule has 2 aromatic heterocycles. The van der Waals surface area contributed by atoms with E-state index >= 15 is 0 Å². The van der Waals surface area contributed by atoms with E-state index in [9.17, 15) is 38.4 Å². The van der Waals surface area contributed by atoms with Crippen LogP contribution in [0.4, 0.5) is 0 Å². The average molecular weight is 1020 g/mol. The second-order valence-electron chi connectivity index (χ2n) is 16.7. The highest BCUT2D eigenvalue weighted by atomic mass is 32.1. The van der Waals surface area contributed by atoms with Crippen molar-refractivity contribution in [2.24, 2.45) is 27.9 Å². The Labute approximate surface area is 421 Å². The number of para-hydroxylation sites is 1. The summed E-state index contributed by atoms with van der Waals surface area (Å²) in [6.07, 6.45) is 5.47. The van der Waals surface area contributed by atoms with Gasteiger partial charge < -0.3 is 70.1 Å². The predicted molar refractivity (Wildman–Crippen MR) is 273 cm³/mol. The minimum absolute atomic E-state index is 0.0475. The number of unbranched alkanes of at least 4 members (excludes halogenated alkanes) is 1. The molecule has 0 bridgehead atoms. The van der Waals surface area contributed by atoms with Crippen molar-refractivity contribution in [3.05, 3.63) is 90.1 Å². The van der Waals surface area contributed by atoms with Crippen molar-refractivity contribution < 1.29 is 38.4 Å². The minimum atomic E-state index is -1.37. The van der Waals surface area contributed by atoms with Gasteiger partial charge in [0.1, 0.15) is 42.3 Å². The molecule has 0 saturated carbocycles. The van der Waals surface area contributed by atoms with Crippen LogP contribution in [0.5, 0.6) is 0 Å². The molecular formula is C46H65N15O8S2. The van der Waals surface area contributed by atoms with E-state index in [1.165, 1.54) is 19.4 Å². The summed E-state index contributed by atoms with van der Waals surface area (Å²) >= 11 is 8.33. The summed E-state index contributed by atoms with van der Waals surface area (Å²) in [7, 11) is 0. The SMILES string of the molecule is CC(=O)N[C@@H](CS)C(=O)N[C@@H](CCCCN)C(=O)N[C@@H](Cc1cnc[nH]1)C(=O)N[C@H](Cc1ccccc1)C(=O)N[C@@H](CCCN=C(N)N)C(=O)N[C@@H](Cc1c[nH]c2ccccc12)C(=O)N[C@@H](CS)C(N)=O. The van der Waals surface area contributed by atoms with E-state index in [1.54, 1.807) is 36.5 Å². The molecule has 2 heterocycles. The molecule has 0 unspecified atom stereocenters. The van der Waals surface area contributed by atoms with Crippen molar-refractivity contribution in [3.63, 3.8) is 0 Å². The lowest BCUT2D eigenvalue weighted by molar-refractivity contribution is -0.135. The highest BCUT2D eigenvalue weighted by molar-refractivity contribution is 7.80. The first kappa shape index (κ1) is 56.5. The van der Waals surface area contributed by atoms with Crippen LogP contribution in [0, 0.1) is 0 Å². The number of imidazole rings is 1. The number of fused-ring (bicyclic) bond motifs is 1. The Morgan fingerprint density at radius 1 is 0.606 bits per heavy atom. The predicted octanol–water partition coefficient (Wildman–Crippen LogP) is -2.14. The molecule has 2 aromatic carbocycles. The van der Waals surface area contributed by atoms with E-state index in [2.05, 4.69) is 82.4 Å². The maximum Gasteiger partial charge on any atom is 0.244 e. The lowest BCUT2D eigenvalue weighted by Crippen LogP contribution is -2.61. The van der Waals surface area contributed by atoms with Crippen LogP contribution in [0.2, 0.25) is 0 Å². The third-order valence-electron chi connectivity index (χ3n) is 11.1. The summed E-state index contributed by atoms with van der Waals surface area (Å²) < 4.78 is 0. The van der Waals surface area contributed by atoms with Crippen molar-refractivity contribution >= 4 is 89.4 Å². The number of primary amides is 1. The topological polar surface area (TPSA) is 382 Å². The highest BCUT2D eigenvalue weighted by Crippen LogP contribution is 2.20. The van der Waals surface area contributed by atoms with Gasteiger partial charge in [-0.05, 0) is 55.8 Å². The Hall–Kier alpha value is -7.12. The molecule has 0 aliphatic heterocycles. The minimum Gasteiger partial charge on any atom is -0.370 e. The van der Waals surface area contributed by atoms with Gasteiger partial charge in [0.2, 0.25) is 47.3 Å². The van der Waals surface area contributed by atoms with Gasteiger partial charge in [0.15, 0.2) is 5.96 Å². The maximum atomic E-state index is 14.6. The van der Waals surface area contributed by atoms with Gasteiger partial charge in [0, 0.05) is 73.2 Å². The fraction of sp³-hybridized carbons (Fsp3) is 0.435. The average Bonchev–Trinajstić information content (AvgIpc) is 4.02. The molecule has 71 heavy (non-hydrogen) atoms. The molecule has 0 saturated heterocycles. The fourth-order valence-corrected chi connectivity index (χ4v) is 7.96. The summed E-state index contributed by atoms with van der Waals surface area (Å²) in [6.45, 7) is 1.62. The van der Waals surface area contributed by atoms with E-state index in [0.717, 1.165) is 10.9 Å². The number of hydrogen-bond acceptors (Lipinski definition) is 13. The molecule has 7 atom stereocenters. The van der Waals surface area contributed by atoms with E-state index in [0.29, 0.717) is 36.2 Å². The summed E-state index contributed by atoms with van der Waals surface area (Å²) in [6, 6.07) is 7.27. The molecule has 8 amide bonds. The Morgan fingerprint density at radius 2 is 1.13 bits per heavy atom. The molecule has 384 valence electrons. The van der Waals surface area contributed by atoms with Crippen LogP contribution in [0.25, 0.3) is 10.9 Å². The number of nitrogens with two attached hydrogens (primary N) is 4. The first-order valence-corrected chi connectivity index (χ1v) is 24.2. The zero-order valence-corrected chi connectivity index (χ0v) is 41.1. The zero-order valence-electron chi connectivity index (χ0n) is 39.3. The zero-order chi connectivity index (χ0) is 51.9. The number of nitrogens with zero attached hydrogens (tertiary/aromatic N) is 2. The molecule has 4 rings (SSSR count). The first-order valence-electron chi connectivity index (χ1n) is 22.9. The summed E-state index contributed by atoms with van der Waals surface area (Å²) in [5, 5.41) is 19.5. The van der Waals surface area contributed by atoms with Crippen LogP contribution in [0.1, 0.15) is 55.8 Å². The third-order valence-corrected chi connectivity index (χ3v) is 11.9. The van der Waals surface area contributed by atoms with E-state index in [4.69, 9.17) is 22.9 Å². The number of carbonyl (C=O) groups excluding carboxylic acids is 8. The van der Waals surface area contributed by atoms with Crippen molar-refractivity contribution in [2.75, 3.05) is 24.6 Å². The number of hydrogen-bond donors (Lipinski definition) is 15. The van der Waals surface area contributed by atoms with Gasteiger partial charge in [-0.25, -0.2) is 4.98 Å². The van der Waals surface area contributed by atoms with Crippen molar-refractivity contribution in [1.82, 2.24) is 52.2 Å². The Kier molecular flexibility index (Phi) is 23.2. The highest BCUT2D eigenvalue weighted by Gasteiger charge is 2.34. The molecule has 0 radical (unpaired) electrons. The molecule has 0 fully saturated rings. The number of aromatic amines is 2. The van der Waals surface area contributed by atoms with Gasteiger partial charge in [-0.3, -0.25) is 43.3 Å². The number of aliphatic imine (C=N–C) groups is 1. The van der Waals surface area contributed by atoms with Crippen LogP contribution < -0.4 is 60.2 Å². The van der Waals surface area contributed by atoms with Crippen LogP contribution >= 0.6 is 25.3 Å². The number of benzene rings is 2. The van der Waals surface area contributed by atoms with E-state index in [-0.39, 0.29) is 62.5 Å². The fourth-order valence-electron chi connectivity index (χ4n) is 7.43. The number of carbonyl (C=O) groups is 8. The summed E-state index contributed by atoms with van der Waals surface area (Å²) in [5.41, 5.74) is 24.9. The smallest absolute Gasteiger partial charge is 0.244 e. The van der Waals surface area contributed by atoms with E-state index in [1.807, 2.05) is 24.3 Å². The van der Waals surface area contributed by atoms with Gasteiger partial charge in [0.05, 0.1) is 6.33 Å². The van der Waals surface area contributed by atoms with E-state index < -0.39 is 89.6 Å². The second-order valence-corrected chi connectivity index (χ2v) is 17.4. The maximum absolute atomic E-state index is 14.6. The number of aromatic nitrogens is 3. The molecule has 25 heteroatoms. The van der Waals surface area contributed by atoms with Crippen LogP contribution in [-0.2, 0) is 57.6 Å². The normalized spacial score (nSPS) is 14.0.